The highest BCUT2D eigenvalue weighted by molar-refractivity contribution is 5.33. The molecule has 2 N–H and O–H groups in total. The minimum absolute atomic E-state index is 0.323. The van der Waals surface area contributed by atoms with Crippen LogP contribution in [-0.4, -0.2) is 33.8 Å². The number of likely N-dealkylation sites (tertiary alicyclic amines) is 1. The standard InChI is InChI=1S/C15H20N4/c1-12-9-18(11-15(12)16)10-13-3-5-14(6-4-13)19-8-2-7-17-19/h2-8,12,15H,9-11,16H2,1H3. The molecule has 1 aromatic heterocycles. The monoisotopic (exact) mass is 256 g/mol. The molecule has 1 fully saturated rings. The molecule has 0 saturated carbocycles. The SMILES string of the molecule is CC1CN(Cc2ccc(-n3cccn3)cc2)CC1N. The van der Waals surface area contributed by atoms with E-state index in [1.165, 1.54) is 5.56 Å². The Morgan fingerprint density at radius 2 is 2.05 bits per heavy atom. The van der Waals surface area contributed by atoms with Gasteiger partial charge in [0.1, 0.15) is 0 Å². The fourth-order valence-electron chi connectivity index (χ4n) is 2.66. The number of nitrogens with two attached hydrogens (primary N) is 1. The highest BCUT2D eigenvalue weighted by Gasteiger charge is 2.26. The second kappa shape index (κ2) is 5.15. The molecular weight excluding hydrogens is 236 g/mol. The van der Waals surface area contributed by atoms with Crippen LogP contribution in [0.15, 0.2) is 42.7 Å². The first kappa shape index (κ1) is 12.4. The third kappa shape index (κ3) is 2.69. The van der Waals surface area contributed by atoms with Gasteiger partial charge < -0.3 is 5.73 Å². The molecule has 4 heteroatoms. The summed E-state index contributed by atoms with van der Waals surface area (Å²) in [6.45, 7) is 5.31. The number of rotatable bonds is 3. The Labute approximate surface area is 113 Å². The highest BCUT2D eigenvalue weighted by atomic mass is 15.3. The van der Waals surface area contributed by atoms with E-state index < -0.39 is 0 Å². The van der Waals surface area contributed by atoms with Gasteiger partial charge in [-0.2, -0.15) is 5.10 Å². The van der Waals surface area contributed by atoms with Crippen LogP contribution in [0.1, 0.15) is 12.5 Å². The molecule has 1 aromatic carbocycles. The van der Waals surface area contributed by atoms with Crippen LogP contribution in [0.3, 0.4) is 0 Å². The molecule has 2 aromatic rings. The first-order valence-corrected chi connectivity index (χ1v) is 6.79. The molecule has 100 valence electrons. The van der Waals surface area contributed by atoms with Gasteiger partial charge in [0.15, 0.2) is 0 Å². The number of benzene rings is 1. The van der Waals surface area contributed by atoms with Crippen molar-refractivity contribution in [2.75, 3.05) is 13.1 Å². The summed E-state index contributed by atoms with van der Waals surface area (Å²) in [6.07, 6.45) is 3.75. The Balaban J connectivity index is 1.67. The molecule has 0 radical (unpaired) electrons. The second-order valence-corrected chi connectivity index (χ2v) is 5.45. The van der Waals surface area contributed by atoms with Gasteiger partial charge in [0.25, 0.3) is 0 Å². The summed E-state index contributed by atoms with van der Waals surface area (Å²) in [6, 6.07) is 10.8. The quantitative estimate of drug-likeness (QED) is 0.908. The van der Waals surface area contributed by atoms with E-state index in [1.807, 2.05) is 16.9 Å². The summed E-state index contributed by atoms with van der Waals surface area (Å²) < 4.78 is 1.87. The number of aromatic nitrogens is 2. The maximum Gasteiger partial charge on any atom is 0.0645 e. The number of hydrogen-bond acceptors (Lipinski definition) is 3. The molecule has 2 heterocycles. The highest BCUT2D eigenvalue weighted by Crippen LogP contribution is 2.18. The van der Waals surface area contributed by atoms with Crippen LogP contribution < -0.4 is 5.73 Å². The van der Waals surface area contributed by atoms with Crippen molar-refractivity contribution in [3.63, 3.8) is 0 Å². The Morgan fingerprint density at radius 3 is 2.63 bits per heavy atom. The third-order valence-corrected chi connectivity index (χ3v) is 3.86. The van der Waals surface area contributed by atoms with Gasteiger partial charge in [-0.3, -0.25) is 4.90 Å². The Morgan fingerprint density at radius 1 is 1.26 bits per heavy atom. The van der Waals surface area contributed by atoms with Crippen molar-refractivity contribution in [1.82, 2.24) is 14.7 Å². The summed E-state index contributed by atoms with van der Waals surface area (Å²) in [7, 11) is 0. The fraction of sp³-hybridized carbons (Fsp3) is 0.400. The number of nitrogens with zero attached hydrogens (tertiary/aromatic N) is 3. The van der Waals surface area contributed by atoms with Gasteiger partial charge in [-0.15, -0.1) is 0 Å². The normalized spacial score (nSPS) is 23.9. The molecule has 3 rings (SSSR count). The molecule has 1 aliphatic heterocycles. The van der Waals surface area contributed by atoms with E-state index in [0.717, 1.165) is 25.3 Å². The lowest BCUT2D eigenvalue weighted by Gasteiger charge is -2.15. The first-order valence-electron chi connectivity index (χ1n) is 6.79. The molecule has 4 nitrogen and oxygen atoms in total. The zero-order valence-electron chi connectivity index (χ0n) is 11.2. The van der Waals surface area contributed by atoms with Crippen LogP contribution in [0.4, 0.5) is 0 Å². The van der Waals surface area contributed by atoms with Gasteiger partial charge in [-0.05, 0) is 29.7 Å². The van der Waals surface area contributed by atoms with Crippen molar-refractivity contribution in [2.24, 2.45) is 11.7 Å². The largest absolute Gasteiger partial charge is 0.326 e. The van der Waals surface area contributed by atoms with Gasteiger partial charge in [0.05, 0.1) is 5.69 Å². The van der Waals surface area contributed by atoms with E-state index in [0.29, 0.717) is 12.0 Å². The molecule has 0 aliphatic carbocycles. The summed E-state index contributed by atoms with van der Waals surface area (Å²) >= 11 is 0. The smallest absolute Gasteiger partial charge is 0.0645 e. The molecule has 2 atom stereocenters. The van der Waals surface area contributed by atoms with Crippen LogP contribution in [-0.2, 0) is 6.54 Å². The van der Waals surface area contributed by atoms with Crippen molar-refractivity contribution in [1.29, 1.82) is 0 Å². The lowest BCUT2D eigenvalue weighted by Crippen LogP contribution is -2.28. The molecule has 0 amide bonds. The fourth-order valence-corrected chi connectivity index (χ4v) is 2.66. The van der Waals surface area contributed by atoms with Gasteiger partial charge in [-0.25, -0.2) is 4.68 Å². The predicted octanol–water partition coefficient (Wildman–Crippen LogP) is 1.65. The van der Waals surface area contributed by atoms with Crippen molar-refractivity contribution in [3.8, 4) is 5.69 Å². The van der Waals surface area contributed by atoms with Gasteiger partial charge in [0.2, 0.25) is 0 Å². The topological polar surface area (TPSA) is 47.1 Å². The summed E-state index contributed by atoms with van der Waals surface area (Å²) in [5, 5.41) is 4.23. The molecular formula is C15H20N4. The van der Waals surface area contributed by atoms with E-state index >= 15 is 0 Å². The zero-order valence-corrected chi connectivity index (χ0v) is 11.2. The summed E-state index contributed by atoms with van der Waals surface area (Å²) in [5.41, 5.74) is 8.49. The lowest BCUT2D eigenvalue weighted by molar-refractivity contribution is 0.319. The first-order chi connectivity index (χ1) is 9.22. The molecule has 1 aliphatic rings. The Bertz CT molecular complexity index is 508. The van der Waals surface area contributed by atoms with Crippen molar-refractivity contribution in [3.05, 3.63) is 48.3 Å². The van der Waals surface area contributed by atoms with Gasteiger partial charge in [-0.1, -0.05) is 19.1 Å². The molecule has 1 saturated heterocycles. The van der Waals surface area contributed by atoms with Crippen molar-refractivity contribution < 1.29 is 0 Å². The minimum Gasteiger partial charge on any atom is -0.326 e. The van der Waals surface area contributed by atoms with E-state index in [9.17, 15) is 0 Å². The van der Waals surface area contributed by atoms with Gasteiger partial charge >= 0.3 is 0 Å². The van der Waals surface area contributed by atoms with Crippen molar-refractivity contribution >= 4 is 0 Å². The average Bonchev–Trinajstić information content (AvgIpc) is 3.02. The number of hydrogen-bond donors (Lipinski definition) is 1. The predicted molar refractivity (Wildman–Crippen MR) is 76.0 cm³/mol. The van der Waals surface area contributed by atoms with Crippen LogP contribution in [0.25, 0.3) is 5.69 Å². The van der Waals surface area contributed by atoms with Crippen LogP contribution in [0.2, 0.25) is 0 Å². The average molecular weight is 256 g/mol. The third-order valence-electron chi connectivity index (χ3n) is 3.86. The van der Waals surface area contributed by atoms with E-state index in [2.05, 4.69) is 41.2 Å². The van der Waals surface area contributed by atoms with Crippen LogP contribution in [0, 0.1) is 5.92 Å². The molecule has 0 bridgehead atoms. The second-order valence-electron chi connectivity index (χ2n) is 5.45. The van der Waals surface area contributed by atoms with Gasteiger partial charge in [0, 0.05) is 38.1 Å². The van der Waals surface area contributed by atoms with E-state index in [-0.39, 0.29) is 0 Å². The summed E-state index contributed by atoms with van der Waals surface area (Å²) in [5.74, 6) is 0.600. The van der Waals surface area contributed by atoms with Crippen LogP contribution >= 0.6 is 0 Å². The minimum atomic E-state index is 0.323. The maximum absolute atomic E-state index is 6.06. The Hall–Kier alpha value is -1.65. The maximum atomic E-state index is 6.06. The van der Waals surface area contributed by atoms with Crippen LogP contribution in [0.5, 0.6) is 0 Å². The Kier molecular flexibility index (Phi) is 3.36. The molecule has 2 unspecified atom stereocenters. The zero-order chi connectivity index (χ0) is 13.2. The van der Waals surface area contributed by atoms with E-state index in [4.69, 9.17) is 5.73 Å². The molecule has 19 heavy (non-hydrogen) atoms. The lowest BCUT2D eigenvalue weighted by atomic mass is 10.1. The summed E-state index contributed by atoms with van der Waals surface area (Å²) in [4.78, 5) is 2.43. The molecule has 0 spiro atoms. The van der Waals surface area contributed by atoms with E-state index in [1.54, 1.807) is 6.20 Å². The van der Waals surface area contributed by atoms with Crippen molar-refractivity contribution in [2.45, 2.75) is 19.5 Å².